The van der Waals surface area contributed by atoms with Gasteiger partial charge in [-0.25, -0.2) is 4.79 Å². The topological polar surface area (TPSA) is 92.7 Å². The second kappa shape index (κ2) is 7.69. The van der Waals surface area contributed by atoms with Crippen molar-refractivity contribution in [3.63, 3.8) is 0 Å². The van der Waals surface area contributed by atoms with Crippen molar-refractivity contribution < 1.29 is 0 Å². The maximum Gasteiger partial charge on any atom is 0.329 e. The Kier molecular flexibility index (Phi) is 5.13. The molecule has 1 aliphatic carbocycles. The third-order valence-electron chi connectivity index (χ3n) is 4.45. The SMILES string of the molecule is Cc1nnc(SCCn2c(=O)cc(Nc3ccc4c(c3)CCC4)[nH]c2=O)s1. The zero-order valence-corrected chi connectivity index (χ0v) is 16.5. The predicted molar refractivity (Wildman–Crippen MR) is 108 cm³/mol. The molecule has 0 fully saturated rings. The van der Waals surface area contributed by atoms with E-state index in [-0.39, 0.29) is 5.56 Å². The molecule has 2 heterocycles. The van der Waals surface area contributed by atoms with Crippen molar-refractivity contribution in [3.05, 3.63) is 61.2 Å². The van der Waals surface area contributed by atoms with E-state index in [1.165, 1.54) is 51.3 Å². The average Bonchev–Trinajstić information content (AvgIpc) is 3.25. The number of aryl methyl sites for hydroxylation is 3. The molecule has 7 nitrogen and oxygen atoms in total. The van der Waals surface area contributed by atoms with Crippen LogP contribution in [0.5, 0.6) is 0 Å². The molecular formula is C18H19N5O2S2. The zero-order chi connectivity index (χ0) is 18.8. The molecule has 1 aromatic carbocycles. The Morgan fingerprint density at radius 3 is 2.85 bits per heavy atom. The lowest BCUT2D eigenvalue weighted by Gasteiger charge is -2.10. The summed E-state index contributed by atoms with van der Waals surface area (Å²) in [5.74, 6) is 0.987. The number of H-pyrrole nitrogens is 1. The Morgan fingerprint density at radius 2 is 2.07 bits per heavy atom. The number of thioether (sulfide) groups is 1. The number of anilines is 2. The van der Waals surface area contributed by atoms with Crippen LogP contribution in [0.2, 0.25) is 0 Å². The fourth-order valence-corrected chi connectivity index (χ4v) is 4.98. The van der Waals surface area contributed by atoms with Gasteiger partial charge < -0.3 is 5.32 Å². The van der Waals surface area contributed by atoms with Crippen molar-refractivity contribution in [2.45, 2.75) is 37.1 Å². The van der Waals surface area contributed by atoms with Crippen molar-refractivity contribution >= 4 is 34.6 Å². The fraction of sp³-hybridized carbons (Fsp3) is 0.333. The Labute approximate surface area is 163 Å². The second-order valence-corrected chi connectivity index (χ2v) is 8.90. The third-order valence-corrected chi connectivity index (χ3v) is 6.40. The van der Waals surface area contributed by atoms with E-state index in [0.717, 1.165) is 27.9 Å². The van der Waals surface area contributed by atoms with Gasteiger partial charge >= 0.3 is 5.69 Å². The van der Waals surface area contributed by atoms with Crippen molar-refractivity contribution in [1.82, 2.24) is 19.7 Å². The highest BCUT2D eigenvalue weighted by Gasteiger charge is 2.11. The average molecular weight is 402 g/mol. The number of nitrogens with zero attached hydrogens (tertiary/aromatic N) is 3. The van der Waals surface area contributed by atoms with Crippen LogP contribution < -0.4 is 16.6 Å². The van der Waals surface area contributed by atoms with E-state index in [0.29, 0.717) is 18.1 Å². The molecule has 0 aliphatic heterocycles. The lowest BCUT2D eigenvalue weighted by molar-refractivity contribution is 0.681. The largest absolute Gasteiger partial charge is 0.342 e. The van der Waals surface area contributed by atoms with E-state index >= 15 is 0 Å². The minimum Gasteiger partial charge on any atom is -0.342 e. The number of hydrogen-bond acceptors (Lipinski definition) is 7. The summed E-state index contributed by atoms with van der Waals surface area (Å²) >= 11 is 2.99. The predicted octanol–water partition coefficient (Wildman–Crippen LogP) is 2.72. The third kappa shape index (κ3) is 4.14. The van der Waals surface area contributed by atoms with E-state index in [1.807, 2.05) is 13.0 Å². The first kappa shape index (κ1) is 18.0. The van der Waals surface area contributed by atoms with Crippen LogP contribution in [0.1, 0.15) is 22.6 Å². The fourth-order valence-electron chi connectivity index (χ4n) is 3.17. The lowest BCUT2D eigenvalue weighted by Crippen LogP contribution is -2.35. The lowest BCUT2D eigenvalue weighted by atomic mass is 10.1. The molecule has 2 N–H and O–H groups in total. The van der Waals surface area contributed by atoms with Gasteiger partial charge in [-0.15, -0.1) is 10.2 Å². The molecule has 4 rings (SSSR count). The van der Waals surface area contributed by atoms with E-state index in [9.17, 15) is 9.59 Å². The first-order valence-electron chi connectivity index (χ1n) is 8.74. The standard InChI is InChI=1S/C18H19N5O2S2/c1-11-21-22-18(27-11)26-8-7-23-16(24)10-15(20-17(23)25)19-14-6-5-12-3-2-4-13(12)9-14/h5-6,9-10,19H,2-4,7-8H2,1H3,(H,20,25). The van der Waals surface area contributed by atoms with Gasteiger partial charge in [-0.1, -0.05) is 29.2 Å². The van der Waals surface area contributed by atoms with Gasteiger partial charge in [-0.2, -0.15) is 0 Å². The highest BCUT2D eigenvalue weighted by Crippen LogP contribution is 2.26. The molecule has 1 aliphatic rings. The van der Waals surface area contributed by atoms with Gasteiger partial charge in [0.15, 0.2) is 4.34 Å². The minimum atomic E-state index is -0.416. The van der Waals surface area contributed by atoms with Gasteiger partial charge in [-0.05, 0) is 49.4 Å². The molecule has 3 aromatic rings. The quantitative estimate of drug-likeness (QED) is 0.617. The number of nitrogens with one attached hydrogen (secondary N) is 2. The van der Waals surface area contributed by atoms with Crippen LogP contribution in [0, 0.1) is 6.92 Å². The van der Waals surface area contributed by atoms with Crippen molar-refractivity contribution in [1.29, 1.82) is 0 Å². The Hall–Kier alpha value is -2.39. The molecule has 0 saturated heterocycles. The van der Waals surface area contributed by atoms with Crippen LogP contribution in [-0.4, -0.2) is 25.5 Å². The monoisotopic (exact) mass is 401 g/mol. The zero-order valence-electron chi connectivity index (χ0n) is 14.8. The number of aromatic nitrogens is 4. The number of fused-ring (bicyclic) bond motifs is 1. The Bertz CT molecular complexity index is 1050. The van der Waals surface area contributed by atoms with Crippen molar-refractivity contribution in [2.75, 3.05) is 11.1 Å². The van der Waals surface area contributed by atoms with Crippen LogP contribution >= 0.6 is 23.1 Å². The number of benzene rings is 1. The molecule has 0 bridgehead atoms. The van der Waals surface area contributed by atoms with Gasteiger partial charge in [-0.3, -0.25) is 14.3 Å². The van der Waals surface area contributed by atoms with E-state index in [1.54, 1.807) is 0 Å². The van der Waals surface area contributed by atoms with E-state index < -0.39 is 5.69 Å². The van der Waals surface area contributed by atoms with Gasteiger partial charge in [0.25, 0.3) is 5.56 Å². The van der Waals surface area contributed by atoms with E-state index in [4.69, 9.17) is 0 Å². The molecule has 0 radical (unpaired) electrons. The summed E-state index contributed by atoms with van der Waals surface area (Å²) < 4.78 is 2.04. The molecule has 140 valence electrons. The first-order chi connectivity index (χ1) is 13.1. The second-order valence-electron chi connectivity index (χ2n) is 6.38. The van der Waals surface area contributed by atoms with Gasteiger partial charge in [0.1, 0.15) is 10.8 Å². The van der Waals surface area contributed by atoms with E-state index in [2.05, 4.69) is 32.6 Å². The summed E-state index contributed by atoms with van der Waals surface area (Å²) in [4.78, 5) is 27.4. The molecule has 9 heteroatoms. The van der Waals surface area contributed by atoms with Gasteiger partial charge in [0.05, 0.1) is 0 Å². The normalized spacial score (nSPS) is 12.9. The summed E-state index contributed by atoms with van der Waals surface area (Å²) in [5.41, 5.74) is 2.86. The Morgan fingerprint density at radius 1 is 1.22 bits per heavy atom. The van der Waals surface area contributed by atoms with Crippen LogP contribution in [-0.2, 0) is 19.4 Å². The maximum absolute atomic E-state index is 12.4. The highest BCUT2D eigenvalue weighted by atomic mass is 32.2. The summed E-state index contributed by atoms with van der Waals surface area (Å²) in [7, 11) is 0. The molecule has 0 amide bonds. The van der Waals surface area contributed by atoms with Crippen molar-refractivity contribution in [2.24, 2.45) is 0 Å². The molecular weight excluding hydrogens is 382 g/mol. The molecule has 0 atom stereocenters. The molecule has 0 spiro atoms. The van der Waals surface area contributed by atoms with Crippen LogP contribution in [0.4, 0.5) is 11.5 Å². The first-order valence-corrected chi connectivity index (χ1v) is 10.5. The Balaban J connectivity index is 1.45. The number of aromatic amines is 1. The van der Waals surface area contributed by atoms with Gasteiger partial charge in [0.2, 0.25) is 0 Å². The molecule has 27 heavy (non-hydrogen) atoms. The summed E-state index contributed by atoms with van der Waals surface area (Å²) in [6.45, 7) is 2.21. The maximum atomic E-state index is 12.4. The molecule has 0 saturated carbocycles. The van der Waals surface area contributed by atoms with Crippen LogP contribution in [0.3, 0.4) is 0 Å². The van der Waals surface area contributed by atoms with Crippen LogP contribution in [0.25, 0.3) is 0 Å². The van der Waals surface area contributed by atoms with Gasteiger partial charge in [0, 0.05) is 24.1 Å². The minimum absolute atomic E-state index is 0.316. The van der Waals surface area contributed by atoms with Crippen molar-refractivity contribution in [3.8, 4) is 0 Å². The van der Waals surface area contributed by atoms with Crippen LogP contribution in [0.15, 0.2) is 38.2 Å². The summed E-state index contributed by atoms with van der Waals surface area (Å²) in [6, 6.07) is 7.60. The summed E-state index contributed by atoms with van der Waals surface area (Å²) in [6.07, 6.45) is 3.38. The number of rotatable bonds is 6. The highest BCUT2D eigenvalue weighted by molar-refractivity contribution is 8.01. The number of hydrogen-bond donors (Lipinski definition) is 2. The molecule has 2 aromatic heterocycles. The smallest absolute Gasteiger partial charge is 0.329 e. The molecule has 0 unspecified atom stereocenters. The summed E-state index contributed by atoms with van der Waals surface area (Å²) in [5, 5.41) is 12.0.